The highest BCUT2D eigenvalue weighted by Crippen LogP contribution is 1.95. The second kappa shape index (κ2) is 5.41. The minimum Gasteiger partial charge on any atom is -0.383 e. The maximum atomic E-state index is 10.0. The molecule has 11 heavy (non-hydrogen) atoms. The topological polar surface area (TPSA) is 32.7 Å². The van der Waals surface area contributed by atoms with E-state index in [2.05, 4.69) is 11.7 Å². The number of carbonyl (C=O) groups is 1. The quantitative estimate of drug-likeness (QED) is 0.259. The molecule has 0 aromatic heterocycles. The van der Waals surface area contributed by atoms with Gasteiger partial charge in [0.25, 0.3) is 0 Å². The number of allylic oxidation sites excluding steroid dienone is 2. The molecule has 0 fully saturated rings. The predicted molar refractivity (Wildman–Crippen MR) is 46.5 cm³/mol. The molecule has 0 aliphatic heterocycles. The minimum absolute atomic E-state index is 0.564. The summed E-state index contributed by atoms with van der Waals surface area (Å²) in [5.74, 6) is 0. The standard InChI is InChI=1S/C8H12N2O/c1-9-8(5-7-11)4-6-10(2)3/h4-7H,1H2,2-3H3/b6-4-,8-5+. The van der Waals surface area contributed by atoms with E-state index in [0.717, 1.165) is 0 Å². The van der Waals surface area contributed by atoms with Gasteiger partial charge in [-0.05, 0) is 12.8 Å². The lowest BCUT2D eigenvalue weighted by atomic mass is 10.4. The highest BCUT2D eigenvalue weighted by Gasteiger charge is 1.83. The van der Waals surface area contributed by atoms with Crippen molar-refractivity contribution >= 4 is 13.0 Å². The van der Waals surface area contributed by atoms with Crippen molar-refractivity contribution in [2.75, 3.05) is 14.1 Å². The Morgan fingerprint density at radius 2 is 2.18 bits per heavy atom. The van der Waals surface area contributed by atoms with Crippen molar-refractivity contribution in [1.29, 1.82) is 0 Å². The van der Waals surface area contributed by atoms with Crippen LogP contribution in [0.25, 0.3) is 0 Å². The molecule has 0 heterocycles. The van der Waals surface area contributed by atoms with Crippen LogP contribution >= 0.6 is 0 Å². The highest BCUT2D eigenvalue weighted by molar-refractivity contribution is 5.67. The Bertz CT molecular complexity index is 192. The van der Waals surface area contributed by atoms with Crippen LogP contribution in [-0.4, -0.2) is 32.0 Å². The van der Waals surface area contributed by atoms with Crippen LogP contribution in [0.2, 0.25) is 0 Å². The Kier molecular flexibility index (Phi) is 4.73. The molecule has 0 aromatic carbocycles. The zero-order chi connectivity index (χ0) is 8.69. The number of rotatable bonds is 4. The Morgan fingerprint density at radius 1 is 1.55 bits per heavy atom. The Labute approximate surface area is 66.7 Å². The summed E-state index contributed by atoms with van der Waals surface area (Å²) in [6.45, 7) is 3.31. The van der Waals surface area contributed by atoms with Crippen LogP contribution in [0.5, 0.6) is 0 Å². The molecule has 3 nitrogen and oxygen atoms in total. The van der Waals surface area contributed by atoms with Crippen LogP contribution in [0.15, 0.2) is 29.0 Å². The Balaban J connectivity index is 4.18. The third kappa shape index (κ3) is 5.08. The summed E-state index contributed by atoms with van der Waals surface area (Å²) in [6, 6.07) is 0. The van der Waals surface area contributed by atoms with Crippen LogP contribution in [0.3, 0.4) is 0 Å². The summed E-state index contributed by atoms with van der Waals surface area (Å²) in [4.78, 5) is 15.5. The van der Waals surface area contributed by atoms with Crippen LogP contribution < -0.4 is 0 Å². The molecule has 0 N–H and O–H groups in total. The van der Waals surface area contributed by atoms with E-state index >= 15 is 0 Å². The average molecular weight is 152 g/mol. The molecule has 0 unspecified atom stereocenters. The first kappa shape index (κ1) is 9.62. The summed E-state index contributed by atoms with van der Waals surface area (Å²) in [7, 11) is 3.77. The molecule has 3 heteroatoms. The van der Waals surface area contributed by atoms with Gasteiger partial charge in [0.2, 0.25) is 0 Å². The molecule has 0 amide bonds. The fourth-order valence-corrected chi connectivity index (χ4v) is 0.456. The third-order valence-corrected chi connectivity index (χ3v) is 0.965. The van der Waals surface area contributed by atoms with Gasteiger partial charge < -0.3 is 4.90 Å². The van der Waals surface area contributed by atoms with Crippen molar-refractivity contribution in [2.24, 2.45) is 4.99 Å². The van der Waals surface area contributed by atoms with Crippen LogP contribution in [0, 0.1) is 0 Å². The van der Waals surface area contributed by atoms with Gasteiger partial charge in [-0.1, -0.05) is 0 Å². The molecule has 0 saturated heterocycles. The summed E-state index contributed by atoms with van der Waals surface area (Å²) in [6.07, 6.45) is 5.54. The van der Waals surface area contributed by atoms with Gasteiger partial charge in [0, 0.05) is 26.4 Å². The van der Waals surface area contributed by atoms with Gasteiger partial charge in [-0.3, -0.25) is 9.79 Å². The first-order valence-electron chi connectivity index (χ1n) is 3.17. The predicted octanol–water partition coefficient (Wildman–Crippen LogP) is 0.845. The molecule has 0 aliphatic carbocycles. The molecule has 0 spiro atoms. The smallest absolute Gasteiger partial charge is 0.144 e. The zero-order valence-corrected chi connectivity index (χ0v) is 6.82. The largest absolute Gasteiger partial charge is 0.383 e. The molecular weight excluding hydrogens is 140 g/mol. The van der Waals surface area contributed by atoms with Crippen molar-refractivity contribution < 1.29 is 4.79 Å². The summed E-state index contributed by atoms with van der Waals surface area (Å²) in [5.41, 5.74) is 0.564. The van der Waals surface area contributed by atoms with E-state index in [0.29, 0.717) is 12.0 Å². The Morgan fingerprint density at radius 3 is 2.55 bits per heavy atom. The number of hydrogen-bond acceptors (Lipinski definition) is 3. The van der Waals surface area contributed by atoms with Gasteiger partial charge in [-0.2, -0.15) is 0 Å². The molecule has 0 aromatic rings. The number of carbonyl (C=O) groups excluding carboxylic acids is 1. The number of nitrogens with zero attached hydrogens (tertiary/aromatic N) is 2. The molecule has 0 atom stereocenters. The van der Waals surface area contributed by atoms with Gasteiger partial charge in [-0.15, -0.1) is 0 Å². The maximum absolute atomic E-state index is 10.0. The van der Waals surface area contributed by atoms with E-state index in [1.54, 1.807) is 12.3 Å². The van der Waals surface area contributed by atoms with Gasteiger partial charge >= 0.3 is 0 Å². The first-order chi connectivity index (χ1) is 5.20. The normalized spacial score (nSPS) is 11.6. The van der Waals surface area contributed by atoms with Crippen molar-refractivity contribution in [2.45, 2.75) is 0 Å². The van der Waals surface area contributed by atoms with Crippen LogP contribution in [0.4, 0.5) is 0 Å². The number of aliphatic imine (C=N–C) groups is 1. The third-order valence-electron chi connectivity index (χ3n) is 0.965. The zero-order valence-electron chi connectivity index (χ0n) is 6.82. The lowest BCUT2D eigenvalue weighted by Crippen LogP contribution is -1.99. The van der Waals surface area contributed by atoms with Gasteiger partial charge in [0.05, 0.1) is 5.70 Å². The molecule has 0 radical (unpaired) electrons. The van der Waals surface area contributed by atoms with Crippen LogP contribution in [0.1, 0.15) is 0 Å². The lowest BCUT2D eigenvalue weighted by Gasteiger charge is -2.02. The Hall–Kier alpha value is -1.38. The van der Waals surface area contributed by atoms with Gasteiger partial charge in [0.1, 0.15) is 6.29 Å². The molecule has 60 valence electrons. The summed E-state index contributed by atoms with van der Waals surface area (Å²) < 4.78 is 0. The lowest BCUT2D eigenvalue weighted by molar-refractivity contribution is -0.104. The maximum Gasteiger partial charge on any atom is 0.144 e. The van der Waals surface area contributed by atoms with Gasteiger partial charge in [0.15, 0.2) is 0 Å². The van der Waals surface area contributed by atoms with Crippen molar-refractivity contribution in [3.8, 4) is 0 Å². The van der Waals surface area contributed by atoms with Crippen molar-refractivity contribution in [3.05, 3.63) is 24.0 Å². The SMILES string of the molecule is C=NC(/C=C\N(C)C)=C/C=O. The van der Waals surface area contributed by atoms with E-state index in [1.807, 2.05) is 19.0 Å². The monoisotopic (exact) mass is 152 g/mol. The second-order valence-corrected chi connectivity index (χ2v) is 2.17. The van der Waals surface area contributed by atoms with E-state index in [9.17, 15) is 4.79 Å². The highest BCUT2D eigenvalue weighted by atomic mass is 16.1. The van der Waals surface area contributed by atoms with E-state index in [4.69, 9.17) is 0 Å². The van der Waals surface area contributed by atoms with E-state index in [-0.39, 0.29) is 0 Å². The van der Waals surface area contributed by atoms with Gasteiger partial charge in [-0.25, -0.2) is 0 Å². The molecular formula is C8H12N2O. The average Bonchev–Trinajstić information content (AvgIpc) is 1.97. The second-order valence-electron chi connectivity index (χ2n) is 2.17. The van der Waals surface area contributed by atoms with E-state index < -0.39 is 0 Å². The fraction of sp³-hybridized carbons (Fsp3) is 0.250. The first-order valence-corrected chi connectivity index (χ1v) is 3.17. The molecule has 0 rings (SSSR count). The minimum atomic E-state index is 0.564. The van der Waals surface area contributed by atoms with Crippen molar-refractivity contribution in [1.82, 2.24) is 4.90 Å². The number of aldehydes is 1. The molecule has 0 aliphatic rings. The number of hydrogen-bond donors (Lipinski definition) is 0. The summed E-state index contributed by atoms with van der Waals surface area (Å²) >= 11 is 0. The summed E-state index contributed by atoms with van der Waals surface area (Å²) in [5, 5.41) is 0. The molecule has 0 bridgehead atoms. The fourth-order valence-electron chi connectivity index (χ4n) is 0.456. The molecule has 0 saturated carbocycles. The van der Waals surface area contributed by atoms with Crippen molar-refractivity contribution in [3.63, 3.8) is 0 Å². The van der Waals surface area contributed by atoms with Crippen LogP contribution in [-0.2, 0) is 4.79 Å². The van der Waals surface area contributed by atoms with E-state index in [1.165, 1.54) is 6.08 Å².